The van der Waals surface area contributed by atoms with Gasteiger partial charge in [0.1, 0.15) is 0 Å². The summed E-state index contributed by atoms with van der Waals surface area (Å²) in [7, 11) is -3.56. The van der Waals surface area contributed by atoms with Gasteiger partial charge in [-0.3, -0.25) is 13.6 Å². The lowest BCUT2D eigenvalue weighted by Crippen LogP contribution is -2.05. The number of hydrogen-bond acceptors (Lipinski definition) is 5. The Balaban J connectivity index is 3.74. The number of aliphatic hydroxyl groups excluding tert-OH is 1. The van der Waals surface area contributed by atoms with Gasteiger partial charge in [0, 0.05) is 6.61 Å². The fourth-order valence-electron chi connectivity index (χ4n) is 5.40. The molecule has 0 atom stereocenters. The average molecular weight is 657 g/mol. The molecule has 0 unspecified atom stereocenters. The largest absolute Gasteiger partial charge is 0.474 e. The fraction of sp³-hybridized carbons (Fsp3) is 0.897. The molecule has 0 bridgehead atoms. The van der Waals surface area contributed by atoms with Gasteiger partial charge in [0.2, 0.25) is 0 Å². The molecular formula is C39H77O5P. The summed E-state index contributed by atoms with van der Waals surface area (Å²) in [5, 5.41) is 9.07. The van der Waals surface area contributed by atoms with Crippen molar-refractivity contribution in [1.82, 2.24) is 0 Å². The molecule has 0 aromatic carbocycles. The first-order valence-electron chi connectivity index (χ1n) is 19.6. The monoisotopic (exact) mass is 657 g/mol. The second-order valence-electron chi connectivity index (χ2n) is 12.9. The van der Waals surface area contributed by atoms with Crippen molar-refractivity contribution in [1.29, 1.82) is 0 Å². The van der Waals surface area contributed by atoms with Crippen LogP contribution in [0.5, 0.6) is 0 Å². The van der Waals surface area contributed by atoms with E-state index in [1.165, 1.54) is 154 Å². The quantitative estimate of drug-likeness (QED) is 0.0407. The SMILES string of the molecule is CCCCCCCC/C=C\CCCCCCCCOP(=O)(OCCCO)OCCCCCCCC/C=C\CCCCCCCC. The van der Waals surface area contributed by atoms with Gasteiger partial charge in [-0.2, -0.15) is 0 Å². The average Bonchev–Trinajstić information content (AvgIpc) is 3.04. The third-order valence-electron chi connectivity index (χ3n) is 8.36. The van der Waals surface area contributed by atoms with Crippen molar-refractivity contribution >= 4 is 7.82 Å². The minimum Gasteiger partial charge on any atom is -0.396 e. The van der Waals surface area contributed by atoms with E-state index in [0.29, 0.717) is 19.6 Å². The van der Waals surface area contributed by atoms with Crippen LogP contribution < -0.4 is 0 Å². The maximum Gasteiger partial charge on any atom is 0.474 e. The predicted molar refractivity (Wildman–Crippen MR) is 196 cm³/mol. The van der Waals surface area contributed by atoms with Gasteiger partial charge in [-0.25, -0.2) is 4.57 Å². The number of allylic oxidation sites excluding steroid dienone is 4. The lowest BCUT2D eigenvalue weighted by Gasteiger charge is -2.18. The van der Waals surface area contributed by atoms with Gasteiger partial charge >= 0.3 is 7.82 Å². The van der Waals surface area contributed by atoms with Crippen LogP contribution in [0.1, 0.15) is 200 Å². The Morgan fingerprint density at radius 2 is 0.667 bits per heavy atom. The zero-order valence-electron chi connectivity index (χ0n) is 30.2. The van der Waals surface area contributed by atoms with Crippen molar-refractivity contribution in [2.75, 3.05) is 26.4 Å². The first kappa shape index (κ1) is 44.5. The molecule has 5 nitrogen and oxygen atoms in total. The Labute approximate surface area is 281 Å². The molecule has 0 saturated carbocycles. The van der Waals surface area contributed by atoms with Crippen molar-refractivity contribution in [2.45, 2.75) is 200 Å². The van der Waals surface area contributed by atoms with E-state index in [0.717, 1.165) is 25.7 Å². The number of unbranched alkanes of at least 4 members (excludes halogenated alkanes) is 24. The summed E-state index contributed by atoms with van der Waals surface area (Å²) in [5.74, 6) is 0. The van der Waals surface area contributed by atoms with Crippen LogP contribution in [0.15, 0.2) is 24.3 Å². The molecule has 0 saturated heterocycles. The molecule has 0 radical (unpaired) electrons. The van der Waals surface area contributed by atoms with E-state index in [2.05, 4.69) is 38.2 Å². The molecule has 0 aliphatic rings. The van der Waals surface area contributed by atoms with E-state index in [9.17, 15) is 4.57 Å². The Morgan fingerprint density at radius 3 is 0.978 bits per heavy atom. The molecule has 0 aliphatic heterocycles. The van der Waals surface area contributed by atoms with Crippen molar-refractivity contribution < 1.29 is 23.2 Å². The van der Waals surface area contributed by atoms with E-state index in [4.69, 9.17) is 18.7 Å². The number of hydrogen-bond donors (Lipinski definition) is 1. The van der Waals surface area contributed by atoms with E-state index in [1.807, 2.05) is 0 Å². The fourth-order valence-corrected chi connectivity index (χ4v) is 6.69. The van der Waals surface area contributed by atoms with Crippen LogP contribution in [0.2, 0.25) is 0 Å². The molecule has 0 aromatic heterocycles. The molecule has 268 valence electrons. The third kappa shape index (κ3) is 36.2. The minimum absolute atomic E-state index is 0.00380. The smallest absolute Gasteiger partial charge is 0.396 e. The predicted octanol–water partition coefficient (Wildman–Crippen LogP) is 13.6. The summed E-state index contributed by atoms with van der Waals surface area (Å²) >= 11 is 0. The topological polar surface area (TPSA) is 65.0 Å². The van der Waals surface area contributed by atoms with Crippen LogP contribution in [-0.2, 0) is 18.1 Å². The molecule has 0 amide bonds. The number of aliphatic hydroxyl groups is 1. The molecule has 45 heavy (non-hydrogen) atoms. The molecule has 0 aromatic rings. The van der Waals surface area contributed by atoms with Crippen LogP contribution in [0.4, 0.5) is 0 Å². The highest BCUT2D eigenvalue weighted by Crippen LogP contribution is 2.49. The van der Waals surface area contributed by atoms with Gasteiger partial charge in [0.25, 0.3) is 0 Å². The molecule has 1 N–H and O–H groups in total. The highest BCUT2D eigenvalue weighted by molar-refractivity contribution is 7.48. The van der Waals surface area contributed by atoms with Crippen molar-refractivity contribution in [2.24, 2.45) is 0 Å². The molecule has 0 heterocycles. The van der Waals surface area contributed by atoms with Gasteiger partial charge in [-0.05, 0) is 70.6 Å². The van der Waals surface area contributed by atoms with Gasteiger partial charge in [-0.1, -0.05) is 154 Å². The summed E-state index contributed by atoms with van der Waals surface area (Å²) in [6.45, 7) is 5.52. The zero-order valence-corrected chi connectivity index (χ0v) is 31.1. The minimum atomic E-state index is -3.56. The summed E-state index contributed by atoms with van der Waals surface area (Å²) in [6, 6.07) is 0. The number of phosphoric ester groups is 1. The van der Waals surface area contributed by atoms with Crippen molar-refractivity contribution in [3.05, 3.63) is 24.3 Å². The van der Waals surface area contributed by atoms with E-state index < -0.39 is 7.82 Å². The van der Waals surface area contributed by atoms with Crippen LogP contribution in [0.25, 0.3) is 0 Å². The standard InChI is InChI=1S/C39H77O5P/c1-3-5-7-9-11-13-15-17-19-21-23-25-27-29-31-33-37-42-45(41,44-39-35-36-40)43-38-34-32-30-28-26-24-22-20-18-16-14-12-10-8-6-4-2/h17-20,40H,3-16,21-39H2,1-2H3/b19-17-,20-18-. The van der Waals surface area contributed by atoms with Gasteiger partial charge in [0.15, 0.2) is 0 Å². The van der Waals surface area contributed by atoms with E-state index in [-0.39, 0.29) is 13.2 Å². The van der Waals surface area contributed by atoms with E-state index >= 15 is 0 Å². The maximum atomic E-state index is 13.0. The number of rotatable bonds is 38. The second kappa shape index (κ2) is 38.0. The highest BCUT2D eigenvalue weighted by atomic mass is 31.2. The Morgan fingerprint density at radius 1 is 0.400 bits per heavy atom. The highest BCUT2D eigenvalue weighted by Gasteiger charge is 2.26. The Kier molecular flexibility index (Phi) is 37.6. The maximum absolute atomic E-state index is 13.0. The normalized spacial score (nSPS) is 12.3. The first-order chi connectivity index (χ1) is 22.2. The van der Waals surface area contributed by atoms with Crippen LogP contribution in [-0.4, -0.2) is 31.5 Å². The van der Waals surface area contributed by atoms with Crippen LogP contribution in [0, 0.1) is 0 Å². The van der Waals surface area contributed by atoms with E-state index in [1.54, 1.807) is 0 Å². The van der Waals surface area contributed by atoms with Crippen molar-refractivity contribution in [3.8, 4) is 0 Å². The first-order valence-corrected chi connectivity index (χ1v) is 21.1. The van der Waals surface area contributed by atoms with Gasteiger partial charge < -0.3 is 5.11 Å². The molecule has 0 spiro atoms. The summed E-state index contributed by atoms with van der Waals surface area (Å²) in [4.78, 5) is 0. The van der Waals surface area contributed by atoms with Crippen LogP contribution >= 0.6 is 7.82 Å². The lowest BCUT2D eigenvalue weighted by molar-refractivity contribution is 0.104. The zero-order chi connectivity index (χ0) is 32.8. The lowest BCUT2D eigenvalue weighted by atomic mass is 10.1. The second-order valence-corrected chi connectivity index (χ2v) is 14.6. The Bertz CT molecular complexity index is 618. The summed E-state index contributed by atoms with van der Waals surface area (Å²) in [6.07, 6.45) is 45.0. The van der Waals surface area contributed by atoms with Gasteiger partial charge in [-0.15, -0.1) is 0 Å². The summed E-state index contributed by atoms with van der Waals surface area (Å²) in [5.41, 5.74) is 0. The molecule has 6 heteroatoms. The molecule has 0 rings (SSSR count). The molecular weight excluding hydrogens is 579 g/mol. The van der Waals surface area contributed by atoms with Crippen molar-refractivity contribution in [3.63, 3.8) is 0 Å². The third-order valence-corrected chi connectivity index (χ3v) is 9.86. The van der Waals surface area contributed by atoms with Crippen LogP contribution in [0.3, 0.4) is 0 Å². The van der Waals surface area contributed by atoms with Gasteiger partial charge in [0.05, 0.1) is 19.8 Å². The summed E-state index contributed by atoms with van der Waals surface area (Å²) < 4.78 is 29.8. The molecule has 0 aliphatic carbocycles. The molecule has 0 fully saturated rings. The Hall–Kier alpha value is -0.450. The number of phosphoric acid groups is 1.